The molecule has 0 spiro atoms. The minimum Gasteiger partial charge on any atom is -0.396 e. The summed E-state index contributed by atoms with van der Waals surface area (Å²) in [5.41, 5.74) is 5.58. The van der Waals surface area contributed by atoms with Crippen molar-refractivity contribution in [2.45, 2.75) is 0 Å². The number of nitrogens with two attached hydrogens (primary N) is 1. The molecule has 1 aromatic rings. The molecule has 2 nitrogen and oxygen atoms in total. The number of hydrogen-bond acceptors (Lipinski definition) is 2. The third-order valence-corrected chi connectivity index (χ3v) is 3.21. The van der Waals surface area contributed by atoms with Gasteiger partial charge in [-0.25, -0.2) is 0 Å². The Kier molecular flexibility index (Phi) is 3.30. The molecule has 0 radical (unpaired) electrons. The topological polar surface area (TPSA) is 43.1 Å². The maximum atomic E-state index is 10.5. The van der Waals surface area contributed by atoms with Crippen molar-refractivity contribution in [3.63, 3.8) is 0 Å². The molecule has 0 aliphatic rings. The molecule has 0 amide bonds. The van der Waals surface area contributed by atoms with Crippen LogP contribution in [0.2, 0.25) is 20.1 Å². The van der Waals surface area contributed by atoms with Gasteiger partial charge in [0.2, 0.25) is 0 Å². The Balaban J connectivity index is 3.66. The minimum absolute atomic E-state index is 0.0172. The zero-order chi connectivity index (χ0) is 10.2. The van der Waals surface area contributed by atoms with Crippen molar-refractivity contribution in [3.8, 4) is 0 Å². The Morgan fingerprint density at radius 2 is 1.31 bits per heavy atom. The molecule has 0 aromatic heterocycles. The van der Waals surface area contributed by atoms with Gasteiger partial charge in [-0.3, -0.25) is 4.79 Å². The Morgan fingerprint density at radius 1 is 0.923 bits per heavy atom. The van der Waals surface area contributed by atoms with Crippen LogP contribution in [-0.2, 0) is 0 Å². The zero-order valence-corrected chi connectivity index (χ0v) is 9.10. The van der Waals surface area contributed by atoms with E-state index >= 15 is 0 Å². The summed E-state index contributed by atoms with van der Waals surface area (Å²) >= 11 is 22.7. The summed E-state index contributed by atoms with van der Waals surface area (Å²) < 4.78 is 0. The maximum absolute atomic E-state index is 10.5. The van der Waals surface area contributed by atoms with Crippen molar-refractivity contribution >= 4 is 58.4 Å². The smallest absolute Gasteiger partial charge is 0.153 e. The number of nitrogen functional groups attached to an aromatic ring is 1. The van der Waals surface area contributed by atoms with Crippen LogP contribution in [0.25, 0.3) is 0 Å². The minimum atomic E-state index is 0.0172. The van der Waals surface area contributed by atoms with Crippen LogP contribution in [0.3, 0.4) is 0 Å². The summed E-state index contributed by atoms with van der Waals surface area (Å²) in [7, 11) is 0. The van der Waals surface area contributed by atoms with Crippen LogP contribution in [0, 0.1) is 0 Å². The third-order valence-electron chi connectivity index (χ3n) is 1.45. The second-order valence-corrected chi connectivity index (χ2v) is 3.71. The standard InChI is InChI=1S/C7H3Cl4NO/c8-3-2(1-13)4(9)6(11)7(12)5(3)10/h1H,12H2. The van der Waals surface area contributed by atoms with Crippen LogP contribution >= 0.6 is 46.4 Å². The predicted molar refractivity (Wildman–Crippen MR) is 56.3 cm³/mol. The SMILES string of the molecule is Nc1c(Cl)c(Cl)c(C=O)c(Cl)c1Cl. The normalized spacial score (nSPS) is 10.2. The van der Waals surface area contributed by atoms with Gasteiger partial charge in [0.1, 0.15) is 0 Å². The zero-order valence-electron chi connectivity index (χ0n) is 6.07. The second-order valence-electron chi connectivity index (χ2n) is 2.20. The van der Waals surface area contributed by atoms with Crippen LogP contribution in [-0.4, -0.2) is 6.29 Å². The lowest BCUT2D eigenvalue weighted by molar-refractivity contribution is 0.112. The number of benzene rings is 1. The van der Waals surface area contributed by atoms with Crippen molar-refractivity contribution < 1.29 is 4.79 Å². The lowest BCUT2D eigenvalue weighted by Gasteiger charge is -2.08. The number of rotatable bonds is 1. The fraction of sp³-hybridized carbons (Fsp3) is 0. The van der Waals surface area contributed by atoms with E-state index in [-0.39, 0.29) is 31.3 Å². The van der Waals surface area contributed by atoms with Gasteiger partial charge in [-0.2, -0.15) is 0 Å². The van der Waals surface area contributed by atoms with Gasteiger partial charge in [-0.05, 0) is 0 Å². The van der Waals surface area contributed by atoms with Gasteiger partial charge < -0.3 is 5.73 Å². The monoisotopic (exact) mass is 257 g/mol. The number of carbonyl (C=O) groups is 1. The molecule has 0 aliphatic carbocycles. The van der Waals surface area contributed by atoms with Crippen LogP contribution < -0.4 is 5.73 Å². The number of anilines is 1. The van der Waals surface area contributed by atoms with Gasteiger partial charge in [-0.15, -0.1) is 0 Å². The van der Waals surface area contributed by atoms with E-state index in [1.54, 1.807) is 0 Å². The summed E-state index contributed by atoms with van der Waals surface area (Å²) in [6, 6.07) is 0. The van der Waals surface area contributed by atoms with Crippen LogP contribution in [0.1, 0.15) is 10.4 Å². The second kappa shape index (κ2) is 3.93. The largest absolute Gasteiger partial charge is 0.396 e. The van der Waals surface area contributed by atoms with Gasteiger partial charge >= 0.3 is 0 Å². The molecule has 70 valence electrons. The lowest BCUT2D eigenvalue weighted by atomic mass is 10.2. The van der Waals surface area contributed by atoms with Crippen molar-refractivity contribution in [3.05, 3.63) is 25.7 Å². The quantitative estimate of drug-likeness (QED) is 0.474. The van der Waals surface area contributed by atoms with E-state index in [2.05, 4.69) is 0 Å². The maximum Gasteiger partial charge on any atom is 0.153 e. The molecule has 1 aromatic carbocycles. The Bertz CT molecular complexity index is 348. The van der Waals surface area contributed by atoms with Crippen molar-refractivity contribution in [2.24, 2.45) is 0 Å². The van der Waals surface area contributed by atoms with Gasteiger partial charge in [0.25, 0.3) is 0 Å². The lowest BCUT2D eigenvalue weighted by Crippen LogP contribution is -1.94. The Labute approximate surface area is 94.5 Å². The summed E-state index contributed by atoms with van der Waals surface area (Å²) in [4.78, 5) is 10.5. The van der Waals surface area contributed by atoms with Crippen molar-refractivity contribution in [1.29, 1.82) is 0 Å². The highest BCUT2D eigenvalue weighted by atomic mass is 35.5. The van der Waals surface area contributed by atoms with Gasteiger partial charge in [0.05, 0.1) is 31.3 Å². The fourth-order valence-corrected chi connectivity index (χ4v) is 1.74. The molecule has 0 heterocycles. The number of halogens is 4. The number of carbonyl (C=O) groups excluding carboxylic acids is 1. The van der Waals surface area contributed by atoms with E-state index in [1.165, 1.54) is 0 Å². The summed E-state index contributed by atoms with van der Waals surface area (Å²) in [5.74, 6) is 0. The molecule has 0 atom stereocenters. The molecular formula is C7H3Cl4NO. The molecular weight excluding hydrogens is 256 g/mol. The highest BCUT2D eigenvalue weighted by Gasteiger charge is 2.17. The molecule has 0 unspecified atom stereocenters. The van der Waals surface area contributed by atoms with Gasteiger partial charge in [-0.1, -0.05) is 46.4 Å². The molecule has 0 saturated carbocycles. The summed E-state index contributed by atoms with van der Waals surface area (Å²) in [6.45, 7) is 0. The number of aldehydes is 1. The van der Waals surface area contributed by atoms with E-state index < -0.39 is 0 Å². The molecule has 0 bridgehead atoms. The highest BCUT2D eigenvalue weighted by molar-refractivity contribution is 6.52. The van der Waals surface area contributed by atoms with Crippen LogP contribution in [0.4, 0.5) is 5.69 Å². The highest BCUT2D eigenvalue weighted by Crippen LogP contribution is 2.41. The van der Waals surface area contributed by atoms with E-state index in [1.807, 2.05) is 0 Å². The van der Waals surface area contributed by atoms with Gasteiger partial charge in [0.15, 0.2) is 6.29 Å². The van der Waals surface area contributed by atoms with Crippen molar-refractivity contribution in [2.75, 3.05) is 5.73 Å². The molecule has 6 heteroatoms. The first kappa shape index (κ1) is 10.9. The first-order valence-corrected chi connectivity index (χ1v) is 4.58. The molecule has 2 N–H and O–H groups in total. The van der Waals surface area contributed by atoms with E-state index in [0.29, 0.717) is 6.29 Å². The average molecular weight is 259 g/mol. The number of hydrogen-bond donors (Lipinski definition) is 1. The predicted octanol–water partition coefficient (Wildman–Crippen LogP) is 3.69. The summed E-state index contributed by atoms with van der Waals surface area (Å²) in [5, 5.41) is 0.114. The molecule has 0 aliphatic heterocycles. The third kappa shape index (κ3) is 1.72. The van der Waals surface area contributed by atoms with Gasteiger partial charge in [0, 0.05) is 0 Å². The first-order chi connectivity index (χ1) is 6.00. The Hall–Kier alpha value is -0.150. The average Bonchev–Trinajstić information content (AvgIpc) is 2.13. The van der Waals surface area contributed by atoms with E-state index in [4.69, 9.17) is 52.1 Å². The Morgan fingerprint density at radius 3 is 1.62 bits per heavy atom. The van der Waals surface area contributed by atoms with Crippen molar-refractivity contribution in [1.82, 2.24) is 0 Å². The van der Waals surface area contributed by atoms with Crippen LogP contribution in [0.5, 0.6) is 0 Å². The van der Waals surface area contributed by atoms with E-state index in [9.17, 15) is 4.79 Å². The molecule has 13 heavy (non-hydrogen) atoms. The summed E-state index contributed by atoms with van der Waals surface area (Å²) in [6.07, 6.45) is 0.474. The van der Waals surface area contributed by atoms with Crippen LogP contribution in [0.15, 0.2) is 0 Å². The molecule has 1 rings (SSSR count). The fourth-order valence-electron chi connectivity index (χ4n) is 0.769. The van der Waals surface area contributed by atoms with E-state index in [0.717, 1.165) is 0 Å². The molecule has 0 saturated heterocycles. The molecule has 0 fully saturated rings. The first-order valence-electron chi connectivity index (χ1n) is 3.07.